The number of amides is 1. The maximum atomic E-state index is 12.8. The van der Waals surface area contributed by atoms with E-state index >= 15 is 0 Å². The number of anilines is 2. The van der Waals surface area contributed by atoms with E-state index in [-0.39, 0.29) is 5.91 Å². The molecule has 0 bridgehead atoms. The predicted octanol–water partition coefficient (Wildman–Crippen LogP) is 4.79. The van der Waals surface area contributed by atoms with E-state index in [0.717, 1.165) is 5.69 Å². The van der Waals surface area contributed by atoms with Gasteiger partial charge in [0.2, 0.25) is 0 Å². The minimum Gasteiger partial charge on any atom is -0.336 e. The molecule has 2 heterocycles. The molecule has 0 saturated carbocycles. The Bertz CT molecular complexity index is 753. The summed E-state index contributed by atoms with van der Waals surface area (Å²) in [6, 6.07) is 13.0. The number of carbonyl (C=O) groups is 1. The molecule has 0 saturated heterocycles. The topological polar surface area (TPSA) is 46.3 Å². The average molecular weight is 363 g/mol. The summed E-state index contributed by atoms with van der Waals surface area (Å²) in [4.78, 5) is 15.0. The number of halogens is 1. The zero-order chi connectivity index (χ0) is 14.8. The largest absolute Gasteiger partial charge is 0.336 e. The van der Waals surface area contributed by atoms with E-state index < -0.39 is 0 Å². The molecular formula is C15H11BrN2O2S. The highest BCUT2D eigenvalue weighted by Gasteiger charge is 2.27. The lowest BCUT2D eigenvalue weighted by molar-refractivity contribution is 0.0998. The Hall–Kier alpha value is -1.92. The fourth-order valence-corrected chi connectivity index (χ4v) is 2.87. The van der Waals surface area contributed by atoms with Crippen LogP contribution in [0, 0.1) is 6.92 Å². The molecule has 0 aliphatic carbocycles. The first kappa shape index (κ1) is 14.0. The lowest BCUT2D eigenvalue weighted by Crippen LogP contribution is -2.25. The number of benzene rings is 1. The molecule has 6 heteroatoms. The van der Waals surface area contributed by atoms with Crippen molar-refractivity contribution in [3.8, 4) is 0 Å². The van der Waals surface area contributed by atoms with Crippen LogP contribution in [0.3, 0.4) is 0 Å². The number of thiophene rings is 1. The van der Waals surface area contributed by atoms with Gasteiger partial charge in [-0.3, -0.25) is 4.79 Å². The lowest BCUT2D eigenvalue weighted by Gasteiger charge is -2.19. The molecule has 0 fully saturated rings. The minimum absolute atomic E-state index is 0.145. The molecule has 106 valence electrons. The van der Waals surface area contributed by atoms with Crippen LogP contribution in [0.5, 0.6) is 0 Å². The van der Waals surface area contributed by atoms with Gasteiger partial charge in [0.1, 0.15) is 4.47 Å². The van der Waals surface area contributed by atoms with Crippen molar-refractivity contribution in [2.24, 2.45) is 0 Å². The first-order valence-corrected chi connectivity index (χ1v) is 7.90. The lowest BCUT2D eigenvalue weighted by atomic mass is 10.2. The van der Waals surface area contributed by atoms with Gasteiger partial charge in [0, 0.05) is 0 Å². The molecule has 3 rings (SSSR count). The molecule has 3 aromatic rings. The molecule has 0 aliphatic rings. The second-order valence-corrected chi connectivity index (χ2v) is 6.08. The monoisotopic (exact) mass is 362 g/mol. The fraction of sp³-hybridized carbons (Fsp3) is 0.0667. The molecule has 1 amide bonds. The van der Waals surface area contributed by atoms with Crippen LogP contribution in [-0.4, -0.2) is 11.1 Å². The molecule has 0 N–H and O–H groups in total. The Balaban J connectivity index is 2.12. The normalized spacial score (nSPS) is 10.6. The first-order valence-electron chi connectivity index (χ1n) is 6.23. The van der Waals surface area contributed by atoms with E-state index in [2.05, 4.69) is 21.1 Å². The molecule has 0 atom stereocenters. The van der Waals surface area contributed by atoms with E-state index in [9.17, 15) is 4.79 Å². The number of hydrogen-bond acceptors (Lipinski definition) is 4. The van der Waals surface area contributed by atoms with E-state index in [0.29, 0.717) is 20.9 Å². The summed E-state index contributed by atoms with van der Waals surface area (Å²) in [5.41, 5.74) is 1.43. The first-order chi connectivity index (χ1) is 10.2. The molecule has 4 nitrogen and oxygen atoms in total. The highest BCUT2D eigenvalue weighted by molar-refractivity contribution is 9.10. The van der Waals surface area contributed by atoms with Crippen LogP contribution in [0.25, 0.3) is 0 Å². The number of aryl methyl sites for hydroxylation is 1. The zero-order valence-corrected chi connectivity index (χ0v) is 13.5. The van der Waals surface area contributed by atoms with Gasteiger partial charge in [-0.2, -0.15) is 0 Å². The van der Waals surface area contributed by atoms with E-state index in [1.807, 2.05) is 48.7 Å². The van der Waals surface area contributed by atoms with Crippen molar-refractivity contribution in [1.82, 2.24) is 5.16 Å². The number of carbonyl (C=O) groups excluding carboxylic acids is 1. The Morgan fingerprint density at radius 3 is 2.57 bits per heavy atom. The van der Waals surface area contributed by atoms with Crippen LogP contribution in [0.2, 0.25) is 0 Å². The Morgan fingerprint density at radius 1 is 1.24 bits per heavy atom. The van der Waals surface area contributed by atoms with Gasteiger partial charge in [-0.1, -0.05) is 29.4 Å². The van der Waals surface area contributed by atoms with E-state index in [4.69, 9.17) is 4.52 Å². The third-order valence-electron chi connectivity index (χ3n) is 2.93. The Morgan fingerprint density at radius 2 is 2.00 bits per heavy atom. The van der Waals surface area contributed by atoms with Gasteiger partial charge in [0.25, 0.3) is 11.8 Å². The van der Waals surface area contributed by atoms with Crippen LogP contribution < -0.4 is 4.90 Å². The van der Waals surface area contributed by atoms with Gasteiger partial charge in [-0.05, 0) is 46.4 Å². The van der Waals surface area contributed by atoms with Crippen molar-refractivity contribution in [3.05, 3.63) is 62.9 Å². The van der Waals surface area contributed by atoms with E-state index in [1.165, 1.54) is 16.2 Å². The molecule has 0 aliphatic heterocycles. The van der Waals surface area contributed by atoms with Gasteiger partial charge in [-0.15, -0.1) is 11.3 Å². The number of hydrogen-bond donors (Lipinski definition) is 0. The number of nitrogens with zero attached hydrogens (tertiary/aromatic N) is 2. The van der Waals surface area contributed by atoms with Crippen molar-refractivity contribution < 1.29 is 9.32 Å². The molecule has 21 heavy (non-hydrogen) atoms. The molecule has 0 radical (unpaired) electrons. The number of rotatable bonds is 3. The molecule has 2 aromatic heterocycles. The highest BCUT2D eigenvalue weighted by atomic mass is 79.9. The smallest absolute Gasteiger partial charge is 0.275 e. The summed E-state index contributed by atoms with van der Waals surface area (Å²) >= 11 is 4.83. The summed E-state index contributed by atoms with van der Waals surface area (Å²) in [7, 11) is 0. The van der Waals surface area contributed by atoms with Gasteiger partial charge in [0.15, 0.2) is 0 Å². The van der Waals surface area contributed by atoms with Gasteiger partial charge in [-0.25, -0.2) is 4.90 Å². The van der Waals surface area contributed by atoms with Gasteiger partial charge < -0.3 is 4.52 Å². The number of para-hydroxylation sites is 1. The van der Waals surface area contributed by atoms with Crippen LogP contribution in [0.15, 0.2) is 56.8 Å². The molecule has 0 spiro atoms. The molecule has 1 aromatic carbocycles. The molecular weight excluding hydrogens is 352 g/mol. The second kappa shape index (κ2) is 5.83. The zero-order valence-electron chi connectivity index (χ0n) is 11.1. The highest BCUT2D eigenvalue weighted by Crippen LogP contribution is 2.35. The summed E-state index contributed by atoms with van der Waals surface area (Å²) in [6.07, 6.45) is 0. The van der Waals surface area contributed by atoms with Crippen LogP contribution in [0.1, 0.15) is 15.4 Å². The minimum atomic E-state index is -0.145. The predicted molar refractivity (Wildman–Crippen MR) is 86.2 cm³/mol. The maximum Gasteiger partial charge on any atom is 0.275 e. The third kappa shape index (κ3) is 2.64. The van der Waals surface area contributed by atoms with E-state index in [1.54, 1.807) is 6.07 Å². The third-order valence-corrected chi connectivity index (χ3v) is 4.70. The van der Waals surface area contributed by atoms with Crippen LogP contribution in [0.4, 0.5) is 11.6 Å². The average Bonchev–Trinajstić information content (AvgIpc) is 3.14. The number of aromatic nitrogens is 1. The Labute approximate surface area is 134 Å². The second-order valence-electron chi connectivity index (χ2n) is 4.34. The van der Waals surface area contributed by atoms with Crippen molar-refractivity contribution >= 4 is 44.7 Å². The maximum absolute atomic E-state index is 12.8. The summed E-state index contributed by atoms with van der Waals surface area (Å²) in [5.74, 6) is 0.241. The van der Waals surface area contributed by atoms with Crippen molar-refractivity contribution in [2.75, 3.05) is 4.90 Å². The van der Waals surface area contributed by atoms with Gasteiger partial charge >= 0.3 is 0 Å². The summed E-state index contributed by atoms with van der Waals surface area (Å²) in [5, 5.41) is 5.79. The standard InChI is InChI=1S/C15H11BrN2O2S/c1-10-13(16)15(20-17-10)18(11-6-3-2-4-7-11)14(19)12-8-5-9-21-12/h2-9H,1H3. The SMILES string of the molecule is Cc1noc(N(C(=O)c2cccs2)c2ccccc2)c1Br. The fourth-order valence-electron chi connectivity index (χ4n) is 1.90. The van der Waals surface area contributed by atoms with Crippen molar-refractivity contribution in [2.45, 2.75) is 6.92 Å². The summed E-state index contributed by atoms with van der Waals surface area (Å²) in [6.45, 7) is 1.82. The van der Waals surface area contributed by atoms with Gasteiger partial charge in [0.05, 0.1) is 16.3 Å². The van der Waals surface area contributed by atoms with Crippen molar-refractivity contribution in [1.29, 1.82) is 0 Å². The Kier molecular flexibility index (Phi) is 3.90. The molecule has 0 unspecified atom stereocenters. The quantitative estimate of drug-likeness (QED) is 0.672. The van der Waals surface area contributed by atoms with Crippen LogP contribution in [-0.2, 0) is 0 Å². The summed E-state index contributed by atoms with van der Waals surface area (Å²) < 4.78 is 6.02. The van der Waals surface area contributed by atoms with Crippen molar-refractivity contribution in [3.63, 3.8) is 0 Å². The van der Waals surface area contributed by atoms with Crippen LogP contribution >= 0.6 is 27.3 Å².